The minimum absolute atomic E-state index is 0.461. The summed E-state index contributed by atoms with van der Waals surface area (Å²) in [5, 5.41) is 21.0. The van der Waals surface area contributed by atoms with E-state index in [4.69, 9.17) is 0 Å². The van der Waals surface area contributed by atoms with Crippen molar-refractivity contribution in [2.24, 2.45) is 0 Å². The topological polar surface area (TPSA) is 47.3 Å². The van der Waals surface area contributed by atoms with Crippen molar-refractivity contribution in [1.29, 1.82) is 5.26 Å². The van der Waals surface area contributed by atoms with Crippen LogP contribution >= 0.6 is 0 Å². The zero-order valence-corrected chi connectivity index (χ0v) is 17.7. The highest BCUT2D eigenvalue weighted by atomic mass is 16.3. The van der Waals surface area contributed by atoms with Crippen LogP contribution in [0.1, 0.15) is 63.0 Å². The predicted octanol–water partition coefficient (Wildman–Crippen LogP) is 5.29. The number of hydrogen-bond acceptors (Lipinski definition) is 3. The second kappa shape index (κ2) is 10.1. The fraction of sp³-hybridized carbons (Fsp3) is 0.500. The van der Waals surface area contributed by atoms with E-state index in [9.17, 15) is 10.4 Å². The number of nitrogens with zero attached hydrogens (tertiary/aromatic N) is 2. The van der Waals surface area contributed by atoms with Gasteiger partial charge in [-0.25, -0.2) is 0 Å². The number of benzene rings is 2. The standard InChI is InChI=1S/C26H34N2O/c1-2-3-15-25(29)17-20-28(21-18-25)19-10-16-26(22-27,23-11-6-4-7-12-23)24-13-8-5-9-14-24/h4-9,11-14,29H,2-3,10,15-21H2,1H3. The molecular weight excluding hydrogens is 356 g/mol. The van der Waals surface area contributed by atoms with Gasteiger partial charge in [-0.15, -0.1) is 0 Å². The molecule has 29 heavy (non-hydrogen) atoms. The fourth-order valence-electron chi connectivity index (χ4n) is 4.60. The Balaban J connectivity index is 1.64. The normalized spacial score (nSPS) is 17.0. The summed E-state index contributed by atoms with van der Waals surface area (Å²) in [5.74, 6) is 0. The molecule has 0 saturated carbocycles. The van der Waals surface area contributed by atoms with Gasteiger partial charge in [0, 0.05) is 13.1 Å². The first kappa shape index (κ1) is 21.6. The van der Waals surface area contributed by atoms with E-state index in [2.05, 4.69) is 42.2 Å². The van der Waals surface area contributed by atoms with Crippen molar-refractivity contribution in [2.45, 2.75) is 62.9 Å². The Kier molecular flexibility index (Phi) is 7.47. The number of hydrogen-bond donors (Lipinski definition) is 1. The van der Waals surface area contributed by atoms with Crippen LogP contribution in [0.25, 0.3) is 0 Å². The Labute approximate surface area is 176 Å². The van der Waals surface area contributed by atoms with Crippen LogP contribution in [0.15, 0.2) is 60.7 Å². The van der Waals surface area contributed by atoms with Gasteiger partial charge in [-0.1, -0.05) is 80.4 Å². The summed E-state index contributed by atoms with van der Waals surface area (Å²) in [6, 6.07) is 23.0. The van der Waals surface area contributed by atoms with E-state index in [1.165, 1.54) is 0 Å². The van der Waals surface area contributed by atoms with Crippen LogP contribution < -0.4 is 0 Å². The van der Waals surface area contributed by atoms with Gasteiger partial charge in [0.05, 0.1) is 11.7 Å². The second-order valence-electron chi connectivity index (χ2n) is 8.52. The van der Waals surface area contributed by atoms with Gasteiger partial charge >= 0.3 is 0 Å². The molecule has 154 valence electrons. The van der Waals surface area contributed by atoms with Crippen molar-refractivity contribution in [2.75, 3.05) is 19.6 Å². The second-order valence-corrected chi connectivity index (χ2v) is 8.52. The molecule has 1 heterocycles. The minimum Gasteiger partial charge on any atom is -0.390 e. The zero-order valence-electron chi connectivity index (χ0n) is 17.7. The van der Waals surface area contributed by atoms with Gasteiger partial charge < -0.3 is 10.0 Å². The molecule has 0 unspecified atom stereocenters. The molecular formula is C26H34N2O. The molecule has 0 aromatic heterocycles. The Bertz CT molecular complexity index is 734. The highest BCUT2D eigenvalue weighted by Crippen LogP contribution is 2.36. The number of likely N-dealkylation sites (tertiary alicyclic amines) is 1. The van der Waals surface area contributed by atoms with Gasteiger partial charge in [-0.2, -0.15) is 5.26 Å². The Morgan fingerprint density at radius 2 is 1.52 bits per heavy atom. The van der Waals surface area contributed by atoms with Crippen LogP contribution in [0.5, 0.6) is 0 Å². The summed E-state index contributed by atoms with van der Waals surface area (Å²) in [5.41, 5.74) is 1.07. The Hall–Kier alpha value is -2.15. The van der Waals surface area contributed by atoms with Gasteiger partial charge in [-0.05, 0) is 49.8 Å². The summed E-state index contributed by atoms with van der Waals surface area (Å²) >= 11 is 0. The van der Waals surface area contributed by atoms with E-state index >= 15 is 0 Å². The van der Waals surface area contributed by atoms with Crippen LogP contribution in [-0.4, -0.2) is 35.2 Å². The SMILES string of the molecule is CCCCC1(O)CCN(CCCC(C#N)(c2ccccc2)c2ccccc2)CC1. The Morgan fingerprint density at radius 1 is 0.966 bits per heavy atom. The molecule has 2 aromatic rings. The van der Waals surface area contributed by atoms with Crippen molar-refractivity contribution in [3.8, 4) is 6.07 Å². The third-order valence-electron chi connectivity index (χ3n) is 6.53. The molecule has 1 aliphatic rings. The van der Waals surface area contributed by atoms with Crippen molar-refractivity contribution in [3.05, 3.63) is 71.8 Å². The van der Waals surface area contributed by atoms with Crippen LogP contribution in [0, 0.1) is 11.3 Å². The van der Waals surface area contributed by atoms with Gasteiger partial charge in [0.15, 0.2) is 0 Å². The average Bonchev–Trinajstić information content (AvgIpc) is 2.78. The Morgan fingerprint density at radius 3 is 2.00 bits per heavy atom. The van der Waals surface area contributed by atoms with E-state index in [-0.39, 0.29) is 0 Å². The van der Waals surface area contributed by atoms with E-state index in [0.717, 1.165) is 75.7 Å². The monoisotopic (exact) mass is 390 g/mol. The fourth-order valence-corrected chi connectivity index (χ4v) is 4.60. The first-order valence-electron chi connectivity index (χ1n) is 11.1. The molecule has 0 bridgehead atoms. The largest absolute Gasteiger partial charge is 0.390 e. The van der Waals surface area contributed by atoms with Crippen molar-refractivity contribution >= 4 is 0 Å². The average molecular weight is 391 g/mol. The lowest BCUT2D eigenvalue weighted by Gasteiger charge is -2.38. The molecule has 3 nitrogen and oxygen atoms in total. The number of aliphatic hydroxyl groups is 1. The zero-order chi connectivity index (χ0) is 20.6. The van der Waals surface area contributed by atoms with E-state index in [0.29, 0.717) is 0 Å². The maximum absolute atomic E-state index is 10.7. The first-order valence-corrected chi connectivity index (χ1v) is 11.1. The molecule has 1 aliphatic heterocycles. The highest BCUT2D eigenvalue weighted by Gasteiger charge is 2.35. The van der Waals surface area contributed by atoms with Gasteiger partial charge in [-0.3, -0.25) is 0 Å². The van der Waals surface area contributed by atoms with Crippen molar-refractivity contribution in [1.82, 2.24) is 4.90 Å². The molecule has 1 fully saturated rings. The maximum atomic E-state index is 10.7. The molecule has 0 radical (unpaired) electrons. The minimum atomic E-state index is -0.611. The van der Waals surface area contributed by atoms with Gasteiger partial charge in [0.2, 0.25) is 0 Å². The third kappa shape index (κ3) is 5.26. The molecule has 1 saturated heterocycles. The molecule has 3 heteroatoms. The van der Waals surface area contributed by atoms with Crippen LogP contribution in [0.3, 0.4) is 0 Å². The number of nitriles is 1. The van der Waals surface area contributed by atoms with Crippen LogP contribution in [-0.2, 0) is 5.41 Å². The van der Waals surface area contributed by atoms with Crippen LogP contribution in [0.2, 0.25) is 0 Å². The van der Waals surface area contributed by atoms with Gasteiger partial charge in [0.25, 0.3) is 0 Å². The summed E-state index contributed by atoms with van der Waals surface area (Å²) in [4.78, 5) is 2.46. The van der Waals surface area contributed by atoms with Crippen LogP contribution in [0.4, 0.5) is 0 Å². The summed E-state index contributed by atoms with van der Waals surface area (Å²) in [6.07, 6.45) is 6.67. The first-order chi connectivity index (χ1) is 14.1. The molecule has 0 atom stereocenters. The molecule has 0 amide bonds. The maximum Gasteiger partial charge on any atom is 0.107 e. The lowest BCUT2D eigenvalue weighted by molar-refractivity contribution is -0.0292. The smallest absolute Gasteiger partial charge is 0.107 e. The number of rotatable bonds is 9. The van der Waals surface area contributed by atoms with E-state index in [1.807, 2.05) is 36.4 Å². The summed E-state index contributed by atoms with van der Waals surface area (Å²) < 4.78 is 0. The molecule has 0 spiro atoms. The molecule has 2 aromatic carbocycles. The lowest BCUT2D eigenvalue weighted by atomic mass is 9.72. The van der Waals surface area contributed by atoms with Crippen molar-refractivity contribution in [3.63, 3.8) is 0 Å². The molecule has 3 rings (SSSR count). The predicted molar refractivity (Wildman–Crippen MR) is 119 cm³/mol. The van der Waals surface area contributed by atoms with E-state index in [1.54, 1.807) is 0 Å². The van der Waals surface area contributed by atoms with E-state index < -0.39 is 11.0 Å². The lowest BCUT2D eigenvalue weighted by Crippen LogP contribution is -2.44. The quantitative estimate of drug-likeness (QED) is 0.632. The summed E-state index contributed by atoms with van der Waals surface area (Å²) in [6.45, 7) is 5.07. The summed E-state index contributed by atoms with van der Waals surface area (Å²) in [7, 11) is 0. The van der Waals surface area contributed by atoms with Gasteiger partial charge in [0.1, 0.15) is 5.41 Å². The molecule has 0 aliphatic carbocycles. The van der Waals surface area contributed by atoms with Crippen molar-refractivity contribution < 1.29 is 5.11 Å². The number of piperidine rings is 1. The molecule has 1 N–H and O–H groups in total. The third-order valence-corrected chi connectivity index (χ3v) is 6.53. The highest BCUT2D eigenvalue weighted by molar-refractivity contribution is 5.45. The number of unbranched alkanes of at least 4 members (excludes halogenated alkanes) is 1.